The van der Waals surface area contributed by atoms with Crippen LogP contribution in [0, 0.1) is 6.92 Å². The van der Waals surface area contributed by atoms with Crippen molar-refractivity contribution in [2.45, 2.75) is 73.6 Å². The van der Waals surface area contributed by atoms with Gasteiger partial charge in [-0.25, -0.2) is 0 Å². The van der Waals surface area contributed by atoms with Crippen LogP contribution in [-0.2, 0) is 9.59 Å². The number of nitrogens with zero attached hydrogens (tertiary/aromatic N) is 2. The van der Waals surface area contributed by atoms with E-state index >= 15 is 0 Å². The number of carbonyl (C=O) groups excluding carboxylic acids is 1. The number of carbonyl (C=O) groups is 2. The lowest BCUT2D eigenvalue weighted by atomic mass is 9.86. The van der Waals surface area contributed by atoms with E-state index in [1.54, 1.807) is 13.3 Å². The van der Waals surface area contributed by atoms with Crippen molar-refractivity contribution in [1.82, 2.24) is 4.90 Å². The van der Waals surface area contributed by atoms with Crippen molar-refractivity contribution in [3.05, 3.63) is 63.2 Å². The van der Waals surface area contributed by atoms with Crippen molar-refractivity contribution in [3.63, 3.8) is 0 Å². The highest BCUT2D eigenvalue weighted by Gasteiger charge is 2.21. The number of hydrogen-bond donors (Lipinski definition) is 1. The average molecular weight is 503 g/mol. The van der Waals surface area contributed by atoms with Crippen LogP contribution >= 0.6 is 11.6 Å². The fourth-order valence-electron chi connectivity index (χ4n) is 4.02. The average Bonchev–Trinajstić information content (AvgIpc) is 2.85. The van der Waals surface area contributed by atoms with Crippen LogP contribution < -0.4 is 0 Å². The lowest BCUT2D eigenvalue weighted by Crippen LogP contribution is -2.31. The number of rotatable bonds is 8. The van der Waals surface area contributed by atoms with E-state index in [1.165, 1.54) is 5.56 Å². The molecule has 2 rings (SSSR count). The molecule has 1 N–H and O–H groups in total. The fraction of sp³-hybridized carbons (Fsp3) is 0.483. The standard InChI is InChI=1S/C25H31ClN2O3.2C2H6/c1-5-6-20(11-17(2)22(15-27-4)14-24(30)31)25-18(3)12-21(13-23(25)26)19-7-9-28(16-29)10-8-19;2*1-2/h5-6,11-13,15-16,19H,7-10,14H2,1-4H3,(H,30,31);2*1-2H3/b6-5-,20-11+,22-17+,27-15?;;. The van der Waals surface area contributed by atoms with Crippen molar-refractivity contribution < 1.29 is 14.7 Å². The Morgan fingerprint density at radius 3 is 2.26 bits per heavy atom. The van der Waals surface area contributed by atoms with Crippen LogP contribution in [0.2, 0.25) is 5.02 Å². The Morgan fingerprint density at radius 2 is 1.80 bits per heavy atom. The monoisotopic (exact) mass is 502 g/mol. The smallest absolute Gasteiger partial charge is 0.307 e. The maximum Gasteiger partial charge on any atom is 0.307 e. The minimum atomic E-state index is -0.894. The molecule has 1 fully saturated rings. The summed E-state index contributed by atoms with van der Waals surface area (Å²) in [5.74, 6) is -0.505. The summed E-state index contributed by atoms with van der Waals surface area (Å²) >= 11 is 6.77. The lowest BCUT2D eigenvalue weighted by Gasteiger charge is -2.30. The number of benzene rings is 1. The summed E-state index contributed by atoms with van der Waals surface area (Å²) in [6, 6.07) is 4.22. The minimum absolute atomic E-state index is 0.0894. The van der Waals surface area contributed by atoms with Gasteiger partial charge in [0.15, 0.2) is 0 Å². The third kappa shape index (κ3) is 10.2. The Hall–Kier alpha value is -2.66. The van der Waals surface area contributed by atoms with Crippen LogP contribution in [0.4, 0.5) is 0 Å². The second-order valence-electron chi connectivity index (χ2n) is 7.88. The molecule has 0 radical (unpaired) electrons. The molecule has 0 bridgehead atoms. The van der Waals surface area contributed by atoms with E-state index in [0.717, 1.165) is 54.6 Å². The summed E-state index contributed by atoms with van der Waals surface area (Å²) in [5.41, 5.74) is 5.63. The summed E-state index contributed by atoms with van der Waals surface area (Å²) in [6.07, 6.45) is 10.2. The second-order valence-corrected chi connectivity index (χ2v) is 8.28. The normalized spacial score (nSPS) is 15.2. The molecule has 0 unspecified atom stereocenters. The van der Waals surface area contributed by atoms with Crippen LogP contribution in [0.15, 0.2) is 46.5 Å². The third-order valence-electron chi connectivity index (χ3n) is 5.60. The van der Waals surface area contributed by atoms with Gasteiger partial charge in [0.1, 0.15) is 0 Å². The fourth-order valence-corrected chi connectivity index (χ4v) is 4.41. The number of carboxylic acids is 1. The maximum absolute atomic E-state index is 11.2. The zero-order chi connectivity index (χ0) is 27.0. The van der Waals surface area contributed by atoms with Gasteiger partial charge in [-0.3, -0.25) is 14.6 Å². The van der Waals surface area contributed by atoms with Gasteiger partial charge in [-0.15, -0.1) is 0 Å². The van der Waals surface area contributed by atoms with Crippen molar-refractivity contribution in [2.24, 2.45) is 4.99 Å². The van der Waals surface area contributed by atoms with Crippen molar-refractivity contribution in [2.75, 3.05) is 20.1 Å². The SMILES string of the molecule is CC.CC.C\C=C/C(=C\C(C)=C(\C=NC)CC(=O)O)c1c(C)cc(C2CCN(C=O)CC2)cc1Cl. The molecule has 1 saturated heterocycles. The van der Waals surface area contributed by atoms with E-state index in [9.17, 15) is 14.7 Å². The molecular weight excluding hydrogens is 460 g/mol. The van der Waals surface area contributed by atoms with Crippen LogP contribution in [0.5, 0.6) is 0 Å². The number of halogens is 1. The van der Waals surface area contributed by atoms with E-state index in [1.807, 2.05) is 77.7 Å². The van der Waals surface area contributed by atoms with Crippen molar-refractivity contribution in [3.8, 4) is 0 Å². The summed E-state index contributed by atoms with van der Waals surface area (Å²) in [5, 5.41) is 9.89. The van der Waals surface area contributed by atoms with Crippen molar-refractivity contribution >= 4 is 35.8 Å². The first-order valence-electron chi connectivity index (χ1n) is 12.5. The van der Waals surface area contributed by atoms with Gasteiger partial charge < -0.3 is 10.0 Å². The Balaban J connectivity index is 0.00000274. The highest BCUT2D eigenvalue weighted by molar-refractivity contribution is 6.32. The number of carboxylic acid groups (broad SMARTS) is 1. The number of allylic oxidation sites excluding steroid dienone is 5. The Labute approximate surface area is 217 Å². The molecule has 194 valence electrons. The number of hydrogen-bond acceptors (Lipinski definition) is 3. The predicted octanol–water partition coefficient (Wildman–Crippen LogP) is 7.49. The van der Waals surface area contributed by atoms with Gasteiger partial charge in [0.2, 0.25) is 6.41 Å². The molecule has 0 aliphatic carbocycles. The molecule has 5 nitrogen and oxygen atoms in total. The van der Waals surface area contributed by atoms with Crippen LogP contribution in [0.1, 0.15) is 83.4 Å². The molecule has 0 atom stereocenters. The highest BCUT2D eigenvalue weighted by atomic mass is 35.5. The molecule has 0 aromatic heterocycles. The van der Waals surface area contributed by atoms with Crippen LogP contribution in [-0.4, -0.2) is 48.7 Å². The van der Waals surface area contributed by atoms with Crippen LogP contribution in [0.3, 0.4) is 0 Å². The molecule has 0 spiro atoms. The van der Waals surface area contributed by atoms with Gasteiger partial charge in [-0.1, -0.05) is 63.6 Å². The quantitative estimate of drug-likeness (QED) is 0.227. The van der Waals surface area contributed by atoms with E-state index in [-0.39, 0.29) is 6.42 Å². The molecule has 0 saturated carbocycles. The summed E-state index contributed by atoms with van der Waals surface area (Å²) in [4.78, 5) is 28.0. The molecule has 1 aromatic carbocycles. The van der Waals surface area contributed by atoms with Gasteiger partial charge in [-0.2, -0.15) is 0 Å². The number of piperidine rings is 1. The Bertz CT molecular complexity index is 914. The first-order chi connectivity index (χ1) is 16.8. The Kier molecular flexibility index (Phi) is 16.4. The predicted molar refractivity (Wildman–Crippen MR) is 151 cm³/mol. The molecule has 1 heterocycles. The summed E-state index contributed by atoms with van der Waals surface area (Å²) in [6.45, 7) is 15.4. The van der Waals surface area contributed by atoms with Crippen molar-refractivity contribution in [1.29, 1.82) is 0 Å². The number of aliphatic carboxylic acids is 1. The zero-order valence-electron chi connectivity index (χ0n) is 22.7. The number of aryl methyl sites for hydroxylation is 1. The van der Waals surface area contributed by atoms with Gasteiger partial charge in [0, 0.05) is 36.9 Å². The van der Waals surface area contributed by atoms with E-state index in [4.69, 9.17) is 11.6 Å². The van der Waals surface area contributed by atoms with Gasteiger partial charge in [0.05, 0.1) is 6.42 Å². The number of amides is 1. The van der Waals surface area contributed by atoms with Gasteiger partial charge in [0.25, 0.3) is 0 Å². The molecule has 6 heteroatoms. The number of likely N-dealkylation sites (tertiary alicyclic amines) is 1. The topological polar surface area (TPSA) is 70.0 Å². The number of aliphatic imine (C=N–C) groups is 1. The maximum atomic E-state index is 11.2. The lowest BCUT2D eigenvalue weighted by molar-refractivity contribution is -0.136. The molecule has 1 aliphatic heterocycles. The molecule has 35 heavy (non-hydrogen) atoms. The zero-order valence-corrected chi connectivity index (χ0v) is 23.4. The molecule has 1 aromatic rings. The van der Waals surface area contributed by atoms with Crippen LogP contribution in [0.25, 0.3) is 5.57 Å². The summed E-state index contributed by atoms with van der Waals surface area (Å²) in [7, 11) is 1.63. The molecular formula is C29H43ClN2O3. The first-order valence-corrected chi connectivity index (χ1v) is 12.9. The Morgan fingerprint density at radius 1 is 1.20 bits per heavy atom. The van der Waals surface area contributed by atoms with E-state index < -0.39 is 5.97 Å². The second kappa shape index (κ2) is 17.7. The highest BCUT2D eigenvalue weighted by Crippen LogP contribution is 2.36. The summed E-state index contributed by atoms with van der Waals surface area (Å²) < 4.78 is 0. The van der Waals surface area contributed by atoms with Gasteiger partial charge >= 0.3 is 5.97 Å². The van der Waals surface area contributed by atoms with E-state index in [2.05, 4.69) is 11.1 Å². The third-order valence-corrected chi connectivity index (χ3v) is 5.90. The van der Waals surface area contributed by atoms with Gasteiger partial charge in [-0.05, 0) is 73.4 Å². The minimum Gasteiger partial charge on any atom is -0.481 e. The first kappa shape index (κ1) is 32.3. The molecule has 1 amide bonds. The largest absolute Gasteiger partial charge is 0.481 e. The molecule has 1 aliphatic rings. The van der Waals surface area contributed by atoms with E-state index in [0.29, 0.717) is 16.5 Å².